The highest BCUT2D eigenvalue weighted by atomic mass is 32.1. The third-order valence-electron chi connectivity index (χ3n) is 4.91. The van der Waals surface area contributed by atoms with Crippen LogP contribution in [0.1, 0.15) is 58.9 Å². The molecule has 0 atom stereocenters. The second-order valence-corrected chi connectivity index (χ2v) is 9.44. The maximum absolute atomic E-state index is 12.8. The normalized spacial score (nSPS) is 16.6. The van der Waals surface area contributed by atoms with E-state index in [0.29, 0.717) is 30.1 Å². The highest BCUT2D eigenvalue weighted by molar-refractivity contribution is 7.17. The summed E-state index contributed by atoms with van der Waals surface area (Å²) in [7, 11) is 1.64. The molecule has 0 spiro atoms. The van der Waals surface area contributed by atoms with Crippen molar-refractivity contribution in [2.24, 2.45) is 0 Å². The lowest BCUT2D eigenvalue weighted by Gasteiger charge is -2.41. The van der Waals surface area contributed by atoms with E-state index in [1.54, 1.807) is 19.2 Å². The van der Waals surface area contributed by atoms with Crippen LogP contribution in [0, 0.1) is 0 Å². The molecule has 2 aromatic rings. The number of carboxylic acid groups (broad SMARTS) is 1. The van der Waals surface area contributed by atoms with E-state index in [9.17, 15) is 14.7 Å². The number of hydrogen-bond acceptors (Lipinski definition) is 6. The first kappa shape index (κ1) is 22.3. The predicted octanol–water partition coefficient (Wildman–Crippen LogP) is 4.34. The van der Waals surface area contributed by atoms with E-state index < -0.39 is 17.2 Å². The summed E-state index contributed by atoms with van der Waals surface area (Å²) < 4.78 is 11.2. The molecule has 1 aromatic heterocycles. The van der Waals surface area contributed by atoms with Gasteiger partial charge in [0.2, 0.25) is 0 Å². The molecule has 1 aliphatic rings. The number of rotatable bonds is 7. The third kappa shape index (κ3) is 4.66. The van der Waals surface area contributed by atoms with Gasteiger partial charge >= 0.3 is 5.97 Å². The molecule has 8 heteroatoms. The van der Waals surface area contributed by atoms with Gasteiger partial charge in [0.15, 0.2) is 0 Å². The van der Waals surface area contributed by atoms with Crippen LogP contribution in [-0.4, -0.2) is 42.8 Å². The highest BCUT2D eigenvalue weighted by Gasteiger charge is 2.43. The maximum Gasteiger partial charge on any atom is 0.339 e. The summed E-state index contributed by atoms with van der Waals surface area (Å²) >= 11 is 1.27. The van der Waals surface area contributed by atoms with E-state index in [-0.39, 0.29) is 11.5 Å². The lowest BCUT2D eigenvalue weighted by Crippen LogP contribution is -2.41. The Morgan fingerprint density at radius 2 is 1.87 bits per heavy atom. The molecular formula is C22H28N2O5S. The van der Waals surface area contributed by atoms with Gasteiger partial charge in [-0.3, -0.25) is 4.79 Å². The van der Waals surface area contributed by atoms with Crippen molar-refractivity contribution in [3.05, 3.63) is 45.8 Å². The summed E-state index contributed by atoms with van der Waals surface area (Å²) in [5.41, 5.74) is 1.10. The minimum absolute atomic E-state index is 0.158. The van der Waals surface area contributed by atoms with Crippen LogP contribution in [0.2, 0.25) is 0 Å². The Labute approximate surface area is 180 Å². The van der Waals surface area contributed by atoms with Gasteiger partial charge < -0.3 is 25.2 Å². The maximum atomic E-state index is 12.8. The van der Waals surface area contributed by atoms with E-state index in [4.69, 9.17) is 9.47 Å². The zero-order valence-corrected chi connectivity index (χ0v) is 18.7. The Morgan fingerprint density at radius 1 is 1.20 bits per heavy atom. The van der Waals surface area contributed by atoms with Crippen molar-refractivity contribution in [1.82, 2.24) is 0 Å². The van der Waals surface area contributed by atoms with Crippen LogP contribution in [0.15, 0.2) is 24.3 Å². The smallest absolute Gasteiger partial charge is 0.339 e. The average molecular weight is 433 g/mol. The molecule has 30 heavy (non-hydrogen) atoms. The van der Waals surface area contributed by atoms with Crippen molar-refractivity contribution < 1.29 is 24.2 Å². The van der Waals surface area contributed by atoms with Crippen molar-refractivity contribution in [3.63, 3.8) is 0 Å². The molecule has 3 rings (SSSR count). The van der Waals surface area contributed by atoms with E-state index in [2.05, 4.69) is 10.6 Å². The Morgan fingerprint density at radius 3 is 2.47 bits per heavy atom. The fourth-order valence-electron chi connectivity index (χ4n) is 3.85. The molecule has 1 aromatic carbocycles. The zero-order valence-electron chi connectivity index (χ0n) is 17.9. The van der Waals surface area contributed by atoms with Gasteiger partial charge in [0.25, 0.3) is 5.91 Å². The second-order valence-electron chi connectivity index (χ2n) is 8.42. The average Bonchev–Trinajstić information content (AvgIpc) is 2.99. The highest BCUT2D eigenvalue weighted by Crippen LogP contribution is 2.48. The number of aromatic carboxylic acids is 1. The molecular weight excluding hydrogens is 404 g/mol. The Hall–Kier alpha value is -2.42. The van der Waals surface area contributed by atoms with Gasteiger partial charge in [-0.25, -0.2) is 4.79 Å². The lowest BCUT2D eigenvalue weighted by atomic mass is 9.86. The minimum Gasteiger partial charge on any atom is -0.478 e. The van der Waals surface area contributed by atoms with Crippen molar-refractivity contribution in [2.75, 3.05) is 30.9 Å². The Kier molecular flexibility index (Phi) is 6.21. The van der Waals surface area contributed by atoms with E-state index in [0.717, 1.165) is 16.1 Å². The Bertz CT molecular complexity index is 947. The summed E-state index contributed by atoms with van der Waals surface area (Å²) in [4.78, 5) is 25.7. The van der Waals surface area contributed by atoms with Crippen molar-refractivity contribution in [3.8, 4) is 0 Å². The monoisotopic (exact) mass is 432 g/mol. The predicted molar refractivity (Wildman–Crippen MR) is 118 cm³/mol. The molecule has 3 N–H and O–H groups in total. The Balaban J connectivity index is 1.86. The number of carboxylic acids is 1. The van der Waals surface area contributed by atoms with Gasteiger partial charge in [-0.05, 0) is 57.5 Å². The van der Waals surface area contributed by atoms with Crippen LogP contribution < -0.4 is 10.6 Å². The van der Waals surface area contributed by atoms with Gasteiger partial charge in [-0.15, -0.1) is 11.3 Å². The summed E-state index contributed by atoms with van der Waals surface area (Å²) in [6.07, 6.45) is 0.474. The van der Waals surface area contributed by atoms with Crippen LogP contribution in [0.25, 0.3) is 0 Å². The van der Waals surface area contributed by atoms with Crippen molar-refractivity contribution >= 4 is 33.9 Å². The number of methoxy groups -OCH3 is 1. The molecule has 0 bridgehead atoms. The van der Waals surface area contributed by atoms with Gasteiger partial charge in [-0.2, -0.15) is 0 Å². The lowest BCUT2D eigenvalue weighted by molar-refractivity contribution is -0.135. The number of fused-ring (bicyclic) bond motifs is 1. The van der Waals surface area contributed by atoms with Gasteiger partial charge in [0.1, 0.15) is 5.00 Å². The number of hydrogen-bond donors (Lipinski definition) is 3. The first-order chi connectivity index (χ1) is 14.0. The second kappa shape index (κ2) is 8.37. The molecule has 0 aliphatic carbocycles. The first-order valence-electron chi connectivity index (χ1n) is 9.78. The molecule has 0 fully saturated rings. The van der Waals surface area contributed by atoms with Crippen LogP contribution in [-0.2, 0) is 21.5 Å². The molecule has 1 aliphatic heterocycles. The summed E-state index contributed by atoms with van der Waals surface area (Å²) in [5, 5.41) is 16.2. The third-order valence-corrected chi connectivity index (χ3v) is 6.36. The molecule has 0 saturated carbocycles. The molecule has 1 amide bonds. The minimum atomic E-state index is -1.05. The number of nitrogens with one attached hydrogen (secondary N) is 2. The summed E-state index contributed by atoms with van der Waals surface area (Å²) in [6, 6.07) is 7.02. The number of carbonyl (C=O) groups excluding carboxylic acids is 1. The van der Waals surface area contributed by atoms with Crippen molar-refractivity contribution in [2.45, 2.75) is 45.3 Å². The molecule has 0 saturated heterocycles. The van der Waals surface area contributed by atoms with E-state index >= 15 is 0 Å². The van der Waals surface area contributed by atoms with Gasteiger partial charge in [-0.1, -0.05) is 0 Å². The fraction of sp³-hybridized carbons (Fsp3) is 0.455. The number of thiophene rings is 1. The van der Waals surface area contributed by atoms with Crippen LogP contribution in [0.4, 0.5) is 10.7 Å². The topological polar surface area (TPSA) is 96.9 Å². The molecule has 0 radical (unpaired) electrons. The van der Waals surface area contributed by atoms with Gasteiger partial charge in [0, 0.05) is 36.2 Å². The fourth-order valence-corrected chi connectivity index (χ4v) is 5.09. The van der Waals surface area contributed by atoms with Crippen molar-refractivity contribution in [1.29, 1.82) is 0 Å². The standard InChI is InChI=1S/C22H28N2O5S/c1-21(2)12-15-16(20(26)27)19(30-17(15)22(3,4)29-21)24-18(25)13-6-8-14(9-7-13)23-10-11-28-5/h6-9,23H,10-12H2,1-5H3,(H,24,25)(H,26,27). The summed E-state index contributed by atoms with van der Waals surface area (Å²) in [5.74, 6) is -1.40. The van der Waals surface area contributed by atoms with E-state index in [1.807, 2.05) is 39.8 Å². The van der Waals surface area contributed by atoms with Crippen LogP contribution in [0.3, 0.4) is 0 Å². The van der Waals surface area contributed by atoms with Gasteiger partial charge in [0.05, 0.1) is 23.4 Å². The number of carbonyl (C=O) groups is 2. The van der Waals surface area contributed by atoms with Crippen LogP contribution >= 0.6 is 11.3 Å². The quantitative estimate of drug-likeness (QED) is 0.563. The summed E-state index contributed by atoms with van der Waals surface area (Å²) in [6.45, 7) is 8.99. The molecule has 0 unspecified atom stereocenters. The molecule has 2 heterocycles. The number of benzene rings is 1. The largest absolute Gasteiger partial charge is 0.478 e. The van der Waals surface area contributed by atoms with E-state index in [1.165, 1.54) is 11.3 Å². The molecule has 162 valence electrons. The number of ether oxygens (including phenoxy) is 2. The van der Waals surface area contributed by atoms with Crippen LogP contribution in [0.5, 0.6) is 0 Å². The zero-order chi connectivity index (χ0) is 22.1. The SMILES string of the molecule is COCCNc1ccc(C(=O)Nc2sc3c(c2C(=O)O)CC(C)(C)OC3(C)C)cc1. The number of anilines is 2. The molecule has 7 nitrogen and oxygen atoms in total. The first-order valence-corrected chi connectivity index (χ1v) is 10.6. The number of amides is 1.